The molecule has 0 bridgehead atoms. The Hall–Kier alpha value is -3.02. The molecule has 6 nitrogen and oxygen atoms in total. The van der Waals surface area contributed by atoms with Crippen LogP contribution < -0.4 is 5.32 Å². The maximum absolute atomic E-state index is 11.9. The first-order valence-corrected chi connectivity index (χ1v) is 5.71. The number of amides is 1. The molecule has 1 amide bonds. The van der Waals surface area contributed by atoms with E-state index in [1.807, 2.05) is 0 Å². The number of nitrogens with one attached hydrogen (secondary N) is 1. The second kappa shape index (κ2) is 5.75. The fraction of sp³-hybridized carbons (Fsp3) is 0. The predicted octanol–water partition coefficient (Wildman–Crippen LogP) is 2.66. The number of benzene rings is 2. The third kappa shape index (κ3) is 3.05. The first-order chi connectivity index (χ1) is 9.60. The molecule has 0 saturated carbocycles. The highest BCUT2D eigenvalue weighted by Crippen LogP contribution is 2.17. The summed E-state index contributed by atoms with van der Waals surface area (Å²) in [7, 11) is 0. The summed E-state index contributed by atoms with van der Waals surface area (Å²) in [4.78, 5) is 32.5. The van der Waals surface area contributed by atoms with E-state index in [0.717, 1.165) is 0 Å². The largest absolute Gasteiger partial charge is 0.322 e. The summed E-state index contributed by atoms with van der Waals surface area (Å²) < 4.78 is 0. The molecule has 2 aromatic rings. The Morgan fingerprint density at radius 1 is 1.15 bits per heavy atom. The van der Waals surface area contributed by atoms with E-state index >= 15 is 0 Å². The molecule has 0 heterocycles. The Morgan fingerprint density at radius 3 is 2.45 bits per heavy atom. The highest BCUT2D eigenvalue weighted by molar-refractivity contribution is 6.04. The van der Waals surface area contributed by atoms with E-state index < -0.39 is 10.8 Å². The summed E-state index contributed by atoms with van der Waals surface area (Å²) in [6, 6.07) is 11.7. The maximum Gasteiger partial charge on any atom is 0.271 e. The number of anilines is 1. The molecule has 2 aromatic carbocycles. The summed E-state index contributed by atoms with van der Waals surface area (Å²) in [5, 5.41) is 13.2. The van der Waals surface area contributed by atoms with Gasteiger partial charge in [0.2, 0.25) is 0 Å². The number of hydrogen-bond acceptors (Lipinski definition) is 4. The van der Waals surface area contributed by atoms with Gasteiger partial charge in [-0.2, -0.15) is 0 Å². The maximum atomic E-state index is 11.9. The van der Waals surface area contributed by atoms with Crippen LogP contribution in [0.3, 0.4) is 0 Å². The van der Waals surface area contributed by atoms with E-state index in [1.54, 1.807) is 6.07 Å². The van der Waals surface area contributed by atoms with E-state index in [9.17, 15) is 19.7 Å². The van der Waals surface area contributed by atoms with Gasteiger partial charge in [-0.1, -0.05) is 18.2 Å². The second-order valence-electron chi connectivity index (χ2n) is 4.00. The fourth-order valence-electron chi connectivity index (χ4n) is 1.61. The van der Waals surface area contributed by atoms with Gasteiger partial charge in [0.05, 0.1) is 4.92 Å². The third-order valence-corrected chi connectivity index (χ3v) is 2.62. The number of non-ortho nitro benzene ring substituents is 1. The zero-order valence-electron chi connectivity index (χ0n) is 10.3. The summed E-state index contributed by atoms with van der Waals surface area (Å²) in [5.74, 6) is -0.400. The second-order valence-corrected chi connectivity index (χ2v) is 4.00. The first kappa shape index (κ1) is 13.4. The summed E-state index contributed by atoms with van der Waals surface area (Å²) in [5.41, 5.74) is 1.07. The SMILES string of the molecule is O=Cc1ccc(C(=O)Nc2cccc([N+](=O)[O-])c2)cc1. The van der Waals surface area contributed by atoms with E-state index in [-0.39, 0.29) is 5.69 Å². The monoisotopic (exact) mass is 270 g/mol. The highest BCUT2D eigenvalue weighted by Gasteiger charge is 2.09. The predicted molar refractivity (Wildman–Crippen MR) is 72.9 cm³/mol. The van der Waals surface area contributed by atoms with Gasteiger partial charge >= 0.3 is 0 Å². The normalized spacial score (nSPS) is 9.80. The Morgan fingerprint density at radius 2 is 1.85 bits per heavy atom. The van der Waals surface area contributed by atoms with Crippen LogP contribution in [0, 0.1) is 10.1 Å². The highest BCUT2D eigenvalue weighted by atomic mass is 16.6. The lowest BCUT2D eigenvalue weighted by molar-refractivity contribution is -0.384. The van der Waals surface area contributed by atoms with Gasteiger partial charge in [-0.05, 0) is 18.2 Å². The van der Waals surface area contributed by atoms with Gasteiger partial charge in [-0.15, -0.1) is 0 Å². The van der Waals surface area contributed by atoms with E-state index in [2.05, 4.69) is 5.32 Å². The van der Waals surface area contributed by atoms with E-state index in [4.69, 9.17) is 0 Å². The molecule has 0 fully saturated rings. The number of aldehydes is 1. The molecule has 20 heavy (non-hydrogen) atoms. The van der Waals surface area contributed by atoms with Crippen molar-refractivity contribution in [2.45, 2.75) is 0 Å². The molecule has 6 heteroatoms. The molecule has 0 unspecified atom stereocenters. The molecule has 100 valence electrons. The Kier molecular flexibility index (Phi) is 3.85. The number of nitro benzene ring substituents is 1. The van der Waals surface area contributed by atoms with Crippen LogP contribution in [0.1, 0.15) is 20.7 Å². The van der Waals surface area contributed by atoms with Gasteiger partial charge in [-0.3, -0.25) is 19.7 Å². The van der Waals surface area contributed by atoms with Crippen molar-refractivity contribution in [3.05, 3.63) is 69.8 Å². The topological polar surface area (TPSA) is 89.3 Å². The van der Waals surface area contributed by atoms with Crippen LogP contribution >= 0.6 is 0 Å². The fourth-order valence-corrected chi connectivity index (χ4v) is 1.61. The molecule has 0 aromatic heterocycles. The zero-order valence-corrected chi connectivity index (χ0v) is 10.3. The Labute approximate surface area is 114 Å². The van der Waals surface area contributed by atoms with Crippen LogP contribution in [-0.4, -0.2) is 17.1 Å². The smallest absolute Gasteiger partial charge is 0.271 e. The Balaban J connectivity index is 2.16. The van der Waals surface area contributed by atoms with E-state index in [0.29, 0.717) is 23.1 Å². The van der Waals surface area contributed by atoms with Crippen molar-refractivity contribution in [3.8, 4) is 0 Å². The van der Waals surface area contributed by atoms with Gasteiger partial charge in [0.25, 0.3) is 11.6 Å². The summed E-state index contributed by atoms with van der Waals surface area (Å²) in [6.07, 6.45) is 0.683. The zero-order chi connectivity index (χ0) is 14.5. The number of nitrogens with zero attached hydrogens (tertiary/aromatic N) is 1. The molecule has 0 saturated heterocycles. The van der Waals surface area contributed by atoms with Crippen molar-refractivity contribution >= 4 is 23.6 Å². The van der Waals surface area contributed by atoms with E-state index in [1.165, 1.54) is 42.5 Å². The summed E-state index contributed by atoms with van der Waals surface area (Å²) >= 11 is 0. The van der Waals surface area contributed by atoms with Crippen molar-refractivity contribution < 1.29 is 14.5 Å². The number of rotatable bonds is 4. The van der Waals surface area contributed by atoms with Crippen molar-refractivity contribution in [2.24, 2.45) is 0 Å². The molecular formula is C14H10N2O4. The van der Waals surface area contributed by atoms with Crippen LogP contribution in [0.2, 0.25) is 0 Å². The molecular weight excluding hydrogens is 260 g/mol. The van der Waals surface area contributed by atoms with Crippen LogP contribution in [0.5, 0.6) is 0 Å². The summed E-state index contributed by atoms with van der Waals surface area (Å²) in [6.45, 7) is 0. The minimum atomic E-state index is -0.533. The minimum Gasteiger partial charge on any atom is -0.322 e. The van der Waals surface area contributed by atoms with Crippen molar-refractivity contribution in [1.82, 2.24) is 0 Å². The molecule has 0 atom stereocenters. The molecule has 0 aliphatic carbocycles. The molecule has 2 rings (SSSR count). The average molecular weight is 270 g/mol. The van der Waals surface area contributed by atoms with Crippen LogP contribution in [0.4, 0.5) is 11.4 Å². The lowest BCUT2D eigenvalue weighted by Crippen LogP contribution is -2.11. The van der Waals surface area contributed by atoms with Gasteiger partial charge in [-0.25, -0.2) is 0 Å². The molecule has 0 radical (unpaired) electrons. The first-order valence-electron chi connectivity index (χ1n) is 5.71. The number of nitro groups is 1. The molecule has 0 aliphatic heterocycles. The van der Waals surface area contributed by atoms with Crippen molar-refractivity contribution in [3.63, 3.8) is 0 Å². The standard InChI is InChI=1S/C14H10N2O4/c17-9-10-4-6-11(7-5-10)14(18)15-12-2-1-3-13(8-12)16(19)20/h1-9H,(H,15,18). The number of carbonyl (C=O) groups is 2. The van der Waals surface area contributed by atoms with Crippen molar-refractivity contribution in [1.29, 1.82) is 0 Å². The lowest BCUT2D eigenvalue weighted by Gasteiger charge is -2.05. The lowest BCUT2D eigenvalue weighted by atomic mass is 10.1. The van der Waals surface area contributed by atoms with Crippen LogP contribution in [0.15, 0.2) is 48.5 Å². The van der Waals surface area contributed by atoms with Gasteiger partial charge in [0, 0.05) is 28.9 Å². The minimum absolute atomic E-state index is 0.0981. The molecule has 1 N–H and O–H groups in total. The molecule has 0 aliphatic rings. The number of carbonyl (C=O) groups excluding carboxylic acids is 2. The van der Waals surface area contributed by atoms with Gasteiger partial charge < -0.3 is 5.32 Å². The van der Waals surface area contributed by atoms with Crippen LogP contribution in [0.25, 0.3) is 0 Å². The van der Waals surface area contributed by atoms with Crippen LogP contribution in [-0.2, 0) is 0 Å². The third-order valence-electron chi connectivity index (χ3n) is 2.62. The van der Waals surface area contributed by atoms with Crippen molar-refractivity contribution in [2.75, 3.05) is 5.32 Å². The average Bonchev–Trinajstić information content (AvgIpc) is 2.47. The Bertz CT molecular complexity index is 665. The number of hydrogen-bond donors (Lipinski definition) is 1. The van der Waals surface area contributed by atoms with Gasteiger partial charge in [0.1, 0.15) is 6.29 Å². The molecule has 0 spiro atoms. The quantitative estimate of drug-likeness (QED) is 0.525. The van der Waals surface area contributed by atoms with Gasteiger partial charge in [0.15, 0.2) is 0 Å².